The summed E-state index contributed by atoms with van der Waals surface area (Å²) in [6.45, 7) is 4.12. The van der Waals surface area contributed by atoms with Gasteiger partial charge in [0.2, 0.25) is 0 Å². The Hall–Kier alpha value is -3.10. The first-order chi connectivity index (χ1) is 14.4. The molecule has 9 nitrogen and oxygen atoms in total. The first-order valence-electron chi connectivity index (χ1n) is 10.1. The average molecular weight is 420 g/mol. The summed E-state index contributed by atoms with van der Waals surface area (Å²) in [4.78, 5) is 48.6. The van der Waals surface area contributed by atoms with Crippen LogP contribution in [-0.4, -0.2) is 67.6 Å². The Morgan fingerprint density at radius 2 is 1.67 bits per heavy atom. The van der Waals surface area contributed by atoms with Crippen LogP contribution in [0, 0.1) is 0 Å². The molecule has 1 saturated heterocycles. The van der Waals surface area contributed by atoms with E-state index in [1.807, 2.05) is 0 Å². The van der Waals surface area contributed by atoms with Gasteiger partial charge in [0.1, 0.15) is 5.75 Å². The van der Waals surface area contributed by atoms with Crippen molar-refractivity contribution in [3.05, 3.63) is 29.8 Å². The number of amides is 2. The minimum atomic E-state index is -0.670. The Morgan fingerprint density at radius 1 is 1.00 bits per heavy atom. The van der Waals surface area contributed by atoms with Crippen LogP contribution in [0.1, 0.15) is 43.5 Å². The molecule has 0 spiro atoms. The van der Waals surface area contributed by atoms with E-state index >= 15 is 0 Å². The molecule has 0 aromatic heterocycles. The summed E-state index contributed by atoms with van der Waals surface area (Å²) in [5.74, 6) is -0.618. The first kappa shape index (κ1) is 23.2. The van der Waals surface area contributed by atoms with Crippen LogP contribution in [-0.2, 0) is 19.1 Å². The van der Waals surface area contributed by atoms with E-state index in [1.54, 1.807) is 43.0 Å². The average Bonchev–Trinajstić information content (AvgIpc) is 2.76. The number of benzene rings is 1. The Labute approximate surface area is 175 Å². The summed E-state index contributed by atoms with van der Waals surface area (Å²) in [7, 11) is 0. The molecule has 1 aromatic rings. The van der Waals surface area contributed by atoms with Crippen LogP contribution < -0.4 is 10.1 Å². The number of likely N-dealkylation sites (tertiary alicyclic amines) is 1. The summed E-state index contributed by atoms with van der Waals surface area (Å²) >= 11 is 0. The van der Waals surface area contributed by atoms with Gasteiger partial charge in [-0.25, -0.2) is 9.59 Å². The fourth-order valence-corrected chi connectivity index (χ4v) is 2.96. The van der Waals surface area contributed by atoms with Gasteiger partial charge in [-0.1, -0.05) is 6.92 Å². The third-order valence-electron chi connectivity index (χ3n) is 4.60. The lowest BCUT2D eigenvalue weighted by Gasteiger charge is -2.31. The number of piperidine rings is 1. The fraction of sp³-hybridized carbons (Fsp3) is 0.524. The van der Waals surface area contributed by atoms with Crippen molar-refractivity contribution in [1.29, 1.82) is 0 Å². The van der Waals surface area contributed by atoms with E-state index in [0.717, 1.165) is 0 Å². The lowest BCUT2D eigenvalue weighted by Crippen LogP contribution is -2.47. The van der Waals surface area contributed by atoms with Crippen molar-refractivity contribution in [3.63, 3.8) is 0 Å². The second kappa shape index (κ2) is 11.8. The largest absolute Gasteiger partial charge is 0.482 e. The maximum Gasteiger partial charge on any atom is 0.409 e. The highest BCUT2D eigenvalue weighted by molar-refractivity contribution is 5.95. The van der Waals surface area contributed by atoms with E-state index < -0.39 is 18.5 Å². The van der Waals surface area contributed by atoms with Crippen molar-refractivity contribution in [2.24, 2.45) is 0 Å². The highest BCUT2D eigenvalue weighted by Crippen LogP contribution is 2.14. The van der Waals surface area contributed by atoms with Crippen molar-refractivity contribution in [2.45, 2.75) is 39.2 Å². The summed E-state index contributed by atoms with van der Waals surface area (Å²) in [6, 6.07) is 6.39. The van der Waals surface area contributed by atoms with Crippen LogP contribution in [0.4, 0.5) is 4.79 Å². The van der Waals surface area contributed by atoms with Gasteiger partial charge in [0.15, 0.2) is 19.0 Å². The van der Waals surface area contributed by atoms with Crippen LogP contribution in [0.3, 0.4) is 0 Å². The number of nitrogens with zero attached hydrogens (tertiary/aromatic N) is 1. The number of ketones is 1. The molecule has 30 heavy (non-hydrogen) atoms. The molecule has 9 heteroatoms. The molecule has 0 atom stereocenters. The molecule has 1 aliphatic heterocycles. The fourth-order valence-electron chi connectivity index (χ4n) is 2.96. The number of nitrogens with one attached hydrogen (secondary N) is 1. The molecular weight excluding hydrogens is 392 g/mol. The van der Waals surface area contributed by atoms with E-state index in [4.69, 9.17) is 14.2 Å². The SMILES string of the molecule is CCOC(=O)N1CCC(NC(=O)COC(=O)COc2ccc(C(=O)CC)cc2)CC1. The van der Waals surface area contributed by atoms with Crippen LogP contribution in [0.2, 0.25) is 0 Å². The van der Waals surface area contributed by atoms with Crippen LogP contribution in [0.15, 0.2) is 24.3 Å². The minimum absolute atomic E-state index is 0.0264. The van der Waals surface area contributed by atoms with Gasteiger partial charge in [-0.3, -0.25) is 9.59 Å². The highest BCUT2D eigenvalue weighted by Gasteiger charge is 2.24. The smallest absolute Gasteiger partial charge is 0.409 e. The number of esters is 1. The monoisotopic (exact) mass is 420 g/mol. The predicted molar refractivity (Wildman–Crippen MR) is 107 cm³/mol. The number of ether oxygens (including phenoxy) is 3. The van der Waals surface area contributed by atoms with E-state index in [-0.39, 0.29) is 24.5 Å². The standard InChI is InChI=1S/C21H28N2O7/c1-3-18(24)15-5-7-17(8-6-15)29-14-20(26)30-13-19(25)22-16-9-11-23(12-10-16)21(27)28-4-2/h5-8,16H,3-4,9-14H2,1-2H3,(H,22,25). The second-order valence-corrected chi connectivity index (χ2v) is 6.78. The number of Topliss-reactive ketones (excluding diaryl/α,β-unsaturated/α-hetero) is 1. The van der Waals surface area contributed by atoms with E-state index in [1.165, 1.54) is 0 Å². The maximum absolute atomic E-state index is 12.0. The number of carbonyl (C=O) groups excluding carboxylic acids is 4. The minimum Gasteiger partial charge on any atom is -0.482 e. The second-order valence-electron chi connectivity index (χ2n) is 6.78. The van der Waals surface area contributed by atoms with Gasteiger partial charge in [0.05, 0.1) is 6.61 Å². The Morgan fingerprint density at radius 3 is 2.27 bits per heavy atom. The number of carbonyl (C=O) groups is 4. The summed E-state index contributed by atoms with van der Waals surface area (Å²) in [6.07, 6.45) is 1.29. The normalized spacial score (nSPS) is 14.0. The zero-order valence-electron chi connectivity index (χ0n) is 17.3. The van der Waals surface area contributed by atoms with Crippen LogP contribution in [0.25, 0.3) is 0 Å². The molecule has 0 aliphatic carbocycles. The van der Waals surface area contributed by atoms with E-state index in [9.17, 15) is 19.2 Å². The zero-order chi connectivity index (χ0) is 21.9. The van der Waals surface area contributed by atoms with Crippen LogP contribution >= 0.6 is 0 Å². The first-order valence-corrected chi connectivity index (χ1v) is 10.1. The lowest BCUT2D eigenvalue weighted by atomic mass is 10.1. The van der Waals surface area contributed by atoms with Crippen molar-refractivity contribution in [3.8, 4) is 5.75 Å². The summed E-state index contributed by atoms with van der Waals surface area (Å²) in [5.41, 5.74) is 0.581. The predicted octanol–water partition coefficient (Wildman–Crippen LogP) is 1.94. The molecule has 0 radical (unpaired) electrons. The summed E-state index contributed by atoms with van der Waals surface area (Å²) in [5, 5.41) is 2.79. The third-order valence-corrected chi connectivity index (χ3v) is 4.60. The Bertz CT molecular complexity index is 740. The lowest BCUT2D eigenvalue weighted by molar-refractivity contribution is -0.150. The number of rotatable bonds is 9. The maximum atomic E-state index is 12.0. The van der Waals surface area contributed by atoms with Gasteiger partial charge in [0.25, 0.3) is 5.91 Å². The van der Waals surface area contributed by atoms with Crippen molar-refractivity contribution >= 4 is 23.8 Å². The summed E-state index contributed by atoms with van der Waals surface area (Å²) < 4.78 is 15.2. The van der Waals surface area contributed by atoms with Gasteiger partial charge >= 0.3 is 12.1 Å². The van der Waals surface area contributed by atoms with Crippen molar-refractivity contribution < 1.29 is 33.4 Å². The van der Waals surface area contributed by atoms with Gasteiger partial charge in [-0.15, -0.1) is 0 Å². The highest BCUT2D eigenvalue weighted by atomic mass is 16.6. The molecule has 0 saturated carbocycles. The molecule has 2 amide bonds. The Balaban J connectivity index is 1.63. The van der Waals surface area contributed by atoms with Gasteiger partial charge in [-0.2, -0.15) is 0 Å². The molecule has 1 aromatic carbocycles. The van der Waals surface area contributed by atoms with Crippen molar-refractivity contribution in [1.82, 2.24) is 10.2 Å². The topological polar surface area (TPSA) is 111 Å². The number of hydrogen-bond donors (Lipinski definition) is 1. The third kappa shape index (κ3) is 7.38. The van der Waals surface area contributed by atoms with Gasteiger partial charge in [0, 0.05) is 31.1 Å². The van der Waals surface area contributed by atoms with E-state index in [0.29, 0.717) is 50.3 Å². The van der Waals surface area contributed by atoms with Gasteiger partial charge < -0.3 is 24.4 Å². The quantitative estimate of drug-likeness (QED) is 0.480. The van der Waals surface area contributed by atoms with Gasteiger partial charge in [-0.05, 0) is 44.0 Å². The number of hydrogen-bond acceptors (Lipinski definition) is 7. The molecule has 1 fully saturated rings. The van der Waals surface area contributed by atoms with Crippen LogP contribution in [0.5, 0.6) is 5.75 Å². The molecule has 2 rings (SSSR count). The molecule has 1 aliphatic rings. The molecule has 1 heterocycles. The zero-order valence-corrected chi connectivity index (χ0v) is 17.3. The van der Waals surface area contributed by atoms with E-state index in [2.05, 4.69) is 5.32 Å². The molecule has 1 N–H and O–H groups in total. The molecule has 0 unspecified atom stereocenters. The van der Waals surface area contributed by atoms with Crippen molar-refractivity contribution in [2.75, 3.05) is 32.9 Å². The molecule has 164 valence electrons. The Kier molecular flexibility index (Phi) is 9.11. The molecular formula is C21H28N2O7. The molecule has 0 bridgehead atoms.